The molecule has 0 aromatic rings. The molecule has 1 unspecified atom stereocenters. The van der Waals surface area contributed by atoms with Gasteiger partial charge in [-0.3, -0.25) is 10.9 Å². The van der Waals surface area contributed by atoms with Crippen molar-refractivity contribution >= 4 is 0 Å². The van der Waals surface area contributed by atoms with Crippen LogP contribution < -0.4 is 10.9 Å². The molecule has 0 spiro atoms. The molecule has 0 amide bonds. The van der Waals surface area contributed by atoms with E-state index in [-0.39, 0.29) is 0 Å². The lowest BCUT2D eigenvalue weighted by Crippen LogP contribution is -2.45. The fraction of sp³-hybridized carbons (Fsp3) is 0.500. The van der Waals surface area contributed by atoms with Gasteiger partial charge in [0.05, 0.1) is 0 Å². The smallest absolute Gasteiger partial charge is 0.0460 e. The molecule has 2 N–H and O–H groups in total. The lowest BCUT2D eigenvalue weighted by molar-refractivity contribution is 0.455. The summed E-state index contributed by atoms with van der Waals surface area (Å²) < 4.78 is 0. The van der Waals surface area contributed by atoms with E-state index in [0.717, 1.165) is 19.4 Å². The van der Waals surface area contributed by atoms with Gasteiger partial charge in [-0.15, -0.1) is 0 Å². The van der Waals surface area contributed by atoms with Crippen molar-refractivity contribution in [3.63, 3.8) is 0 Å². The summed E-state index contributed by atoms with van der Waals surface area (Å²) in [5.41, 5.74) is 7.92. The van der Waals surface area contributed by atoms with E-state index in [9.17, 15) is 0 Å². The number of hydrazine groups is 1. The summed E-state index contributed by atoms with van der Waals surface area (Å²) in [5.74, 6) is 0. The minimum atomic E-state index is 0.568. The molecular weight excluding hydrogens is 124 g/mol. The summed E-state index contributed by atoms with van der Waals surface area (Å²) >= 11 is 0. The Morgan fingerprint density at radius 1 is 1.40 bits per heavy atom. The maximum Gasteiger partial charge on any atom is 0.0460 e. The minimum absolute atomic E-state index is 0.568. The summed E-state index contributed by atoms with van der Waals surface area (Å²) in [6.07, 6.45) is 9.04. The van der Waals surface area contributed by atoms with E-state index in [4.69, 9.17) is 0 Å². The molecule has 0 saturated heterocycles. The summed E-state index contributed by atoms with van der Waals surface area (Å²) in [4.78, 5) is 0. The molecule has 0 bridgehead atoms. The Morgan fingerprint density at radius 2 is 2.40 bits per heavy atom. The van der Waals surface area contributed by atoms with Crippen molar-refractivity contribution in [2.45, 2.75) is 18.9 Å². The molecule has 2 heteroatoms. The molecule has 0 radical (unpaired) electrons. The largest absolute Gasteiger partial charge is 0.253 e. The first-order valence-electron chi connectivity index (χ1n) is 3.79. The zero-order valence-corrected chi connectivity index (χ0v) is 5.93. The molecule has 0 aromatic carbocycles. The fourth-order valence-corrected chi connectivity index (χ4v) is 1.49. The van der Waals surface area contributed by atoms with Crippen LogP contribution in [0.15, 0.2) is 23.8 Å². The van der Waals surface area contributed by atoms with Gasteiger partial charge in [0.1, 0.15) is 0 Å². The third-order valence-corrected chi connectivity index (χ3v) is 2.08. The van der Waals surface area contributed by atoms with Crippen molar-refractivity contribution in [2.24, 2.45) is 0 Å². The van der Waals surface area contributed by atoms with Gasteiger partial charge in [-0.05, 0) is 12.8 Å². The van der Waals surface area contributed by atoms with Gasteiger partial charge in [-0.2, -0.15) is 0 Å². The Hall–Kier alpha value is -0.600. The molecule has 2 rings (SSSR count). The lowest BCUT2D eigenvalue weighted by atomic mass is 9.95. The van der Waals surface area contributed by atoms with Crippen molar-refractivity contribution < 1.29 is 0 Å². The van der Waals surface area contributed by atoms with Crippen LogP contribution >= 0.6 is 0 Å². The average molecular weight is 136 g/mol. The quantitative estimate of drug-likeness (QED) is 0.480. The predicted octanol–water partition coefficient (Wildman–Crippen LogP) is 0.739. The number of hydrogen-bond donors (Lipinski definition) is 2. The van der Waals surface area contributed by atoms with E-state index in [1.54, 1.807) is 5.57 Å². The van der Waals surface area contributed by atoms with Crippen LogP contribution in [0.1, 0.15) is 12.8 Å². The topological polar surface area (TPSA) is 24.1 Å². The third-order valence-electron chi connectivity index (χ3n) is 2.08. The van der Waals surface area contributed by atoms with E-state index >= 15 is 0 Å². The molecule has 0 aromatic heterocycles. The van der Waals surface area contributed by atoms with Crippen LogP contribution in [0.3, 0.4) is 0 Å². The number of fused-ring (bicyclic) bond motifs is 1. The van der Waals surface area contributed by atoms with E-state index < -0.39 is 0 Å². The van der Waals surface area contributed by atoms with Gasteiger partial charge in [0, 0.05) is 12.6 Å². The Balaban J connectivity index is 2.17. The molecule has 2 aliphatic rings. The number of nitrogens with one attached hydrogen (secondary N) is 2. The van der Waals surface area contributed by atoms with Crippen LogP contribution in [-0.2, 0) is 0 Å². The van der Waals surface area contributed by atoms with Gasteiger partial charge in [0.2, 0.25) is 0 Å². The van der Waals surface area contributed by atoms with Gasteiger partial charge in [-0.25, -0.2) is 0 Å². The third kappa shape index (κ3) is 1.00. The second kappa shape index (κ2) is 2.56. The molecular formula is C8H12N2. The van der Waals surface area contributed by atoms with Gasteiger partial charge in [-0.1, -0.05) is 23.8 Å². The second-order valence-electron chi connectivity index (χ2n) is 2.77. The Morgan fingerprint density at radius 3 is 3.30 bits per heavy atom. The number of allylic oxidation sites excluding steroid dienone is 1. The molecule has 0 fully saturated rings. The molecule has 10 heavy (non-hydrogen) atoms. The van der Waals surface area contributed by atoms with Gasteiger partial charge in [0.15, 0.2) is 0 Å². The highest BCUT2D eigenvalue weighted by Crippen LogP contribution is 2.18. The second-order valence-corrected chi connectivity index (χ2v) is 2.77. The van der Waals surface area contributed by atoms with Gasteiger partial charge >= 0.3 is 0 Å². The molecule has 1 aliphatic carbocycles. The Bertz CT molecular complexity index is 182. The lowest BCUT2D eigenvalue weighted by Gasteiger charge is -2.27. The molecule has 1 atom stereocenters. The summed E-state index contributed by atoms with van der Waals surface area (Å²) in [5, 5.41) is 0. The van der Waals surface area contributed by atoms with E-state index in [2.05, 4.69) is 29.1 Å². The fourth-order valence-electron chi connectivity index (χ4n) is 1.49. The number of rotatable bonds is 0. The minimum Gasteiger partial charge on any atom is -0.253 e. The summed E-state index contributed by atoms with van der Waals surface area (Å²) in [6.45, 7) is 0.972. The van der Waals surface area contributed by atoms with Gasteiger partial charge in [0.25, 0.3) is 0 Å². The van der Waals surface area contributed by atoms with Crippen molar-refractivity contribution in [1.29, 1.82) is 0 Å². The van der Waals surface area contributed by atoms with Gasteiger partial charge < -0.3 is 0 Å². The SMILES string of the molecule is C1=CCC2NNCC=C2C1. The highest BCUT2D eigenvalue weighted by molar-refractivity contribution is 5.22. The molecule has 0 saturated carbocycles. The highest BCUT2D eigenvalue weighted by Gasteiger charge is 2.16. The Labute approximate surface area is 61.0 Å². The summed E-state index contributed by atoms with van der Waals surface area (Å²) in [7, 11) is 0. The van der Waals surface area contributed by atoms with E-state index in [0.29, 0.717) is 6.04 Å². The van der Waals surface area contributed by atoms with Crippen molar-refractivity contribution in [3.8, 4) is 0 Å². The van der Waals surface area contributed by atoms with Crippen LogP contribution in [0.4, 0.5) is 0 Å². The maximum atomic E-state index is 3.25. The molecule has 1 heterocycles. The molecule has 2 nitrogen and oxygen atoms in total. The van der Waals surface area contributed by atoms with Crippen molar-refractivity contribution in [2.75, 3.05) is 6.54 Å². The average Bonchev–Trinajstić information content (AvgIpc) is 2.05. The van der Waals surface area contributed by atoms with Crippen LogP contribution in [0.25, 0.3) is 0 Å². The molecule has 1 aliphatic heterocycles. The zero-order valence-electron chi connectivity index (χ0n) is 5.93. The standard InChI is InChI=1S/C8H12N2/c1-2-4-8-7(3-1)5-6-9-10-8/h1-2,5,8-10H,3-4,6H2. The van der Waals surface area contributed by atoms with Crippen LogP contribution in [0, 0.1) is 0 Å². The molecule has 54 valence electrons. The normalized spacial score (nSPS) is 31.2. The maximum absolute atomic E-state index is 3.25. The van der Waals surface area contributed by atoms with E-state index in [1.165, 1.54) is 0 Å². The number of hydrogen-bond acceptors (Lipinski definition) is 2. The highest BCUT2D eigenvalue weighted by atomic mass is 15.4. The monoisotopic (exact) mass is 136 g/mol. The van der Waals surface area contributed by atoms with Crippen LogP contribution in [0.2, 0.25) is 0 Å². The first-order chi connectivity index (χ1) is 4.97. The first-order valence-corrected chi connectivity index (χ1v) is 3.79. The summed E-state index contributed by atoms with van der Waals surface area (Å²) in [6, 6.07) is 0.568. The predicted molar refractivity (Wildman–Crippen MR) is 41.4 cm³/mol. The van der Waals surface area contributed by atoms with E-state index in [1.807, 2.05) is 0 Å². The van der Waals surface area contributed by atoms with Crippen LogP contribution in [-0.4, -0.2) is 12.6 Å². The first kappa shape index (κ1) is 6.13. The van der Waals surface area contributed by atoms with Crippen molar-refractivity contribution in [3.05, 3.63) is 23.8 Å². The Kier molecular flexibility index (Phi) is 1.57. The zero-order chi connectivity index (χ0) is 6.81. The van der Waals surface area contributed by atoms with Crippen LogP contribution in [0.5, 0.6) is 0 Å². The van der Waals surface area contributed by atoms with Crippen molar-refractivity contribution in [1.82, 2.24) is 10.9 Å².